The average Bonchev–Trinajstić information content (AvgIpc) is 1.71. The van der Waals surface area contributed by atoms with E-state index < -0.39 is 31.2 Å². The van der Waals surface area contributed by atoms with Crippen molar-refractivity contribution in [3.63, 3.8) is 0 Å². The van der Waals surface area contributed by atoms with Gasteiger partial charge in [-0.2, -0.15) is 0 Å². The molecule has 0 aliphatic carbocycles. The molecule has 0 heterocycles. The molecule has 0 aromatic heterocycles. The molecule has 0 fully saturated rings. The molecule has 12 nitrogen and oxygen atoms in total. The van der Waals surface area contributed by atoms with Crippen LogP contribution in [0.5, 0.6) is 0 Å². The molecule has 0 aromatic rings. The maximum absolute atomic E-state index is 8.52. The standard InChI is InChI=1S/2BrH.2Co.Ni.3H2O4S/c;;;;;3*1-5(2,3)4/h2*1H;;;;3*(H2,1,2,3,4)/q;;2*+3;+2;;;/p-8. The molecule has 20 heavy (non-hydrogen) atoms. The van der Waals surface area contributed by atoms with Crippen LogP contribution in [0.25, 0.3) is 0 Å². The second kappa shape index (κ2) is 19.1. The van der Waals surface area contributed by atoms with Crippen molar-refractivity contribution >= 4 is 59.6 Å². The Hall–Kier alpha value is 2.08. The van der Waals surface area contributed by atoms with E-state index in [1.165, 1.54) is 10.9 Å². The summed E-state index contributed by atoms with van der Waals surface area (Å²) in [6.45, 7) is 0. The first-order valence-corrected chi connectivity index (χ1v) is 11.1. The van der Waals surface area contributed by atoms with E-state index in [9.17, 15) is 0 Å². The van der Waals surface area contributed by atoms with Crippen molar-refractivity contribution in [2.45, 2.75) is 0 Å². The maximum Gasteiger partial charge on any atom is 3.00 e. The molecule has 0 N–H and O–H groups in total. The predicted octanol–water partition coefficient (Wildman–Crippen LogP) is -2.33. The third-order valence-corrected chi connectivity index (χ3v) is 0. The molecular formula is Br2Co2NiO12S3. The van der Waals surface area contributed by atoms with Crippen LogP contribution in [0, 0.1) is 0 Å². The van der Waals surface area contributed by atoms with E-state index in [1.807, 2.05) is 0 Å². The molecule has 0 atom stereocenters. The largest absolute Gasteiger partial charge is 3.00 e. The molecule has 0 amide bonds. The summed E-state index contributed by atoms with van der Waals surface area (Å²) >= 11 is 6.00. The molecule has 132 valence electrons. The van der Waals surface area contributed by atoms with Crippen LogP contribution >= 0.6 is 28.5 Å². The summed E-state index contributed by atoms with van der Waals surface area (Å²) in [6.07, 6.45) is 0. The maximum atomic E-state index is 8.52. The van der Waals surface area contributed by atoms with Gasteiger partial charge in [0.1, 0.15) is 0 Å². The van der Waals surface area contributed by atoms with Gasteiger partial charge >= 0.3 is 72.9 Å². The van der Waals surface area contributed by atoms with E-state index in [-0.39, 0.29) is 33.6 Å². The van der Waals surface area contributed by atoms with Crippen molar-refractivity contribution in [1.82, 2.24) is 0 Å². The van der Waals surface area contributed by atoms with E-state index in [2.05, 4.69) is 28.5 Å². The normalized spacial score (nSPS) is 9.80. The molecule has 0 aliphatic rings. The zero-order valence-electron chi connectivity index (χ0n) is 7.86. The van der Waals surface area contributed by atoms with Crippen LogP contribution in [0.2, 0.25) is 0 Å². The number of hydrogen-bond donors (Lipinski definition) is 0. The Balaban J connectivity index is -0.0000000321. The molecule has 0 saturated carbocycles. The second-order valence-corrected chi connectivity index (χ2v) is 8.70. The predicted molar refractivity (Wildman–Crippen MR) is 49.3 cm³/mol. The van der Waals surface area contributed by atoms with Crippen LogP contribution in [-0.4, -0.2) is 52.6 Å². The van der Waals surface area contributed by atoms with Crippen molar-refractivity contribution in [2.24, 2.45) is 0 Å². The van der Waals surface area contributed by atoms with Crippen LogP contribution in [-0.2, 0) is 75.7 Å². The molecule has 0 rings (SSSR count). The summed E-state index contributed by atoms with van der Waals surface area (Å²) in [5, 5.41) is 0. The van der Waals surface area contributed by atoms with Gasteiger partial charge in [0.15, 0.2) is 0 Å². The SMILES string of the molecule is O=S(=O)([O-])[O-].O=S(=O)([O-])[O-].O=S(=O)([O-])[O-].[Br][Ni][Br].[Co+3].[Co+3]. The third kappa shape index (κ3) is 1690. The fourth-order valence-electron chi connectivity index (χ4n) is 0. The molecule has 0 aliphatic heterocycles. The van der Waals surface area contributed by atoms with E-state index in [4.69, 9.17) is 52.6 Å². The van der Waals surface area contributed by atoms with Gasteiger partial charge in [0, 0.05) is 31.2 Å². The summed E-state index contributed by atoms with van der Waals surface area (Å²) in [5.41, 5.74) is 0. The van der Waals surface area contributed by atoms with E-state index in [0.29, 0.717) is 0 Å². The van der Waals surface area contributed by atoms with E-state index in [0.717, 1.165) is 0 Å². The molecule has 0 spiro atoms. The topological polar surface area (TPSA) is 241 Å². The van der Waals surface area contributed by atoms with Gasteiger partial charge in [-0.3, -0.25) is 25.3 Å². The zero-order valence-corrected chi connectivity index (χ0v) is 16.6. The average molecular weight is 625 g/mol. The van der Waals surface area contributed by atoms with Crippen molar-refractivity contribution in [2.75, 3.05) is 0 Å². The summed E-state index contributed by atoms with van der Waals surface area (Å²) in [6, 6.07) is 0. The van der Waals surface area contributed by atoms with Crippen LogP contribution in [0.3, 0.4) is 0 Å². The Morgan fingerprint density at radius 3 is 0.550 bits per heavy atom. The fraction of sp³-hybridized carbons (Fsp3) is 0. The van der Waals surface area contributed by atoms with Crippen molar-refractivity contribution in [1.29, 1.82) is 0 Å². The Bertz CT molecular complexity index is 370. The molecule has 20 heteroatoms. The first-order chi connectivity index (χ1) is 7.41. The van der Waals surface area contributed by atoms with Gasteiger partial charge in [-0.15, -0.1) is 0 Å². The quantitative estimate of drug-likeness (QED) is 0.157. The van der Waals surface area contributed by atoms with Crippen LogP contribution < -0.4 is 0 Å². The summed E-state index contributed by atoms with van der Waals surface area (Å²) in [5.74, 6) is 0. The number of rotatable bonds is 0. The number of hydrogen-bond acceptors (Lipinski definition) is 12. The summed E-state index contributed by atoms with van der Waals surface area (Å²) < 4.78 is 102. The van der Waals surface area contributed by atoms with Crippen LogP contribution in [0.15, 0.2) is 0 Å². The Morgan fingerprint density at radius 2 is 0.550 bits per heavy atom. The zero-order chi connectivity index (χ0) is 16.2. The van der Waals surface area contributed by atoms with Crippen molar-refractivity contribution in [3.8, 4) is 0 Å². The fourth-order valence-corrected chi connectivity index (χ4v) is 0. The van der Waals surface area contributed by atoms with Crippen LogP contribution in [0.1, 0.15) is 0 Å². The second-order valence-electron chi connectivity index (χ2n) is 1.27. The minimum absolute atomic E-state index is 0. The van der Waals surface area contributed by atoms with E-state index >= 15 is 0 Å². The van der Waals surface area contributed by atoms with Gasteiger partial charge in [-0.25, -0.2) is 0 Å². The summed E-state index contributed by atoms with van der Waals surface area (Å²) in [7, 11) is -14.2. The van der Waals surface area contributed by atoms with Gasteiger partial charge in [0.25, 0.3) is 0 Å². The first-order valence-electron chi connectivity index (χ1n) is 2.24. The summed E-state index contributed by atoms with van der Waals surface area (Å²) in [4.78, 5) is 0. The Morgan fingerprint density at radius 1 is 0.550 bits per heavy atom. The van der Waals surface area contributed by atoms with Crippen molar-refractivity contribution < 1.29 is 97.0 Å². The number of halogens is 2. The van der Waals surface area contributed by atoms with Crippen LogP contribution in [0.4, 0.5) is 0 Å². The molecule has 0 saturated heterocycles. The molecular weight excluding hydrogens is 625 g/mol. The molecule has 0 aromatic carbocycles. The van der Waals surface area contributed by atoms with Gasteiger partial charge in [0.2, 0.25) is 0 Å². The van der Waals surface area contributed by atoms with Gasteiger partial charge < -0.3 is 27.3 Å². The molecule has 0 bridgehead atoms. The van der Waals surface area contributed by atoms with E-state index in [1.54, 1.807) is 0 Å². The first kappa shape index (κ1) is 37.9. The van der Waals surface area contributed by atoms with Gasteiger partial charge in [-0.1, -0.05) is 0 Å². The monoisotopic (exact) mass is 621 g/mol. The minimum atomic E-state index is -5.17. The van der Waals surface area contributed by atoms with Gasteiger partial charge in [0.05, 0.1) is 0 Å². The Kier molecular flexibility index (Phi) is 36.3. The molecule has 0 unspecified atom stereocenters. The molecule has 0 radical (unpaired) electrons. The van der Waals surface area contributed by atoms with Gasteiger partial charge in [-0.05, 0) is 0 Å². The minimum Gasteiger partial charge on any atom is 3.00 e. The third-order valence-electron chi connectivity index (χ3n) is 0. The van der Waals surface area contributed by atoms with Crippen molar-refractivity contribution in [3.05, 3.63) is 0 Å². The Labute approximate surface area is 155 Å². The smallest absolute Gasteiger partial charge is 3.00 e.